The van der Waals surface area contributed by atoms with E-state index in [0.29, 0.717) is 4.70 Å². The standard InChI is InChI=1S/C13H13F3N2OS/c1-6(2)18-12(19)11-10(17)8-5-7(13(14,15)16)3-4-9(8)20-11/h3-6H,17H2,1-2H3,(H,18,19). The van der Waals surface area contributed by atoms with Crippen molar-refractivity contribution in [3.05, 3.63) is 28.6 Å². The minimum absolute atomic E-state index is 0.0714. The summed E-state index contributed by atoms with van der Waals surface area (Å²) in [5.41, 5.74) is 5.13. The van der Waals surface area contributed by atoms with Gasteiger partial charge in [0.2, 0.25) is 0 Å². The number of hydrogen-bond acceptors (Lipinski definition) is 3. The molecule has 0 radical (unpaired) electrons. The zero-order valence-electron chi connectivity index (χ0n) is 10.8. The van der Waals surface area contributed by atoms with Crippen LogP contribution in [0.15, 0.2) is 18.2 Å². The number of amides is 1. The first-order chi connectivity index (χ1) is 9.20. The molecule has 0 atom stereocenters. The number of hydrogen-bond donors (Lipinski definition) is 2. The molecule has 1 aromatic carbocycles. The van der Waals surface area contributed by atoms with Crippen molar-refractivity contribution >= 4 is 33.0 Å². The topological polar surface area (TPSA) is 55.1 Å². The fraction of sp³-hybridized carbons (Fsp3) is 0.308. The molecule has 0 aliphatic rings. The summed E-state index contributed by atoms with van der Waals surface area (Å²) in [6.07, 6.45) is -4.43. The predicted molar refractivity (Wildman–Crippen MR) is 73.8 cm³/mol. The van der Waals surface area contributed by atoms with Gasteiger partial charge in [0.1, 0.15) is 4.88 Å². The van der Waals surface area contributed by atoms with E-state index in [1.807, 2.05) is 0 Å². The monoisotopic (exact) mass is 302 g/mol. The van der Waals surface area contributed by atoms with Crippen LogP contribution < -0.4 is 11.1 Å². The first-order valence-corrected chi connectivity index (χ1v) is 6.72. The normalized spacial score (nSPS) is 12.1. The molecule has 7 heteroatoms. The first-order valence-electron chi connectivity index (χ1n) is 5.90. The van der Waals surface area contributed by atoms with E-state index in [-0.39, 0.29) is 27.9 Å². The van der Waals surface area contributed by atoms with Gasteiger partial charge in [-0.1, -0.05) is 0 Å². The van der Waals surface area contributed by atoms with E-state index in [1.165, 1.54) is 6.07 Å². The van der Waals surface area contributed by atoms with Crippen LogP contribution in [0.4, 0.5) is 18.9 Å². The van der Waals surface area contributed by atoms with Gasteiger partial charge >= 0.3 is 6.18 Å². The van der Waals surface area contributed by atoms with Gasteiger partial charge in [-0.05, 0) is 32.0 Å². The minimum Gasteiger partial charge on any atom is -0.397 e. The van der Waals surface area contributed by atoms with E-state index < -0.39 is 11.7 Å². The number of rotatable bonds is 2. The molecule has 0 saturated heterocycles. The average molecular weight is 302 g/mol. The number of fused-ring (bicyclic) bond motifs is 1. The van der Waals surface area contributed by atoms with Crippen LogP contribution in [0.2, 0.25) is 0 Å². The van der Waals surface area contributed by atoms with Gasteiger partial charge in [-0.2, -0.15) is 13.2 Å². The number of benzene rings is 1. The second kappa shape index (κ2) is 4.97. The SMILES string of the molecule is CC(C)NC(=O)c1sc2ccc(C(F)(F)F)cc2c1N. The quantitative estimate of drug-likeness (QED) is 0.890. The molecule has 2 aromatic rings. The van der Waals surface area contributed by atoms with Gasteiger partial charge in [0.15, 0.2) is 0 Å². The van der Waals surface area contributed by atoms with Crippen LogP contribution in [0.1, 0.15) is 29.1 Å². The lowest BCUT2D eigenvalue weighted by Crippen LogP contribution is -2.29. The zero-order valence-corrected chi connectivity index (χ0v) is 11.7. The highest BCUT2D eigenvalue weighted by atomic mass is 32.1. The summed E-state index contributed by atoms with van der Waals surface area (Å²) in [5.74, 6) is -0.368. The number of thiophene rings is 1. The van der Waals surface area contributed by atoms with Gasteiger partial charge in [0.05, 0.1) is 11.3 Å². The number of anilines is 1. The van der Waals surface area contributed by atoms with Gasteiger partial charge in [0, 0.05) is 16.1 Å². The summed E-state index contributed by atoms with van der Waals surface area (Å²) in [4.78, 5) is 12.2. The van der Waals surface area contributed by atoms with Crippen molar-refractivity contribution in [2.75, 3.05) is 5.73 Å². The first kappa shape index (κ1) is 14.6. The summed E-state index contributed by atoms with van der Waals surface area (Å²) in [6.45, 7) is 3.59. The third-order valence-electron chi connectivity index (χ3n) is 2.68. The van der Waals surface area contributed by atoms with Crippen molar-refractivity contribution in [3.63, 3.8) is 0 Å². The lowest BCUT2D eigenvalue weighted by atomic mass is 10.1. The number of nitrogens with one attached hydrogen (secondary N) is 1. The Bertz CT molecular complexity index is 661. The van der Waals surface area contributed by atoms with Crippen LogP contribution in [-0.4, -0.2) is 11.9 Å². The molecule has 0 aliphatic heterocycles. The maximum absolute atomic E-state index is 12.7. The van der Waals surface area contributed by atoms with E-state index >= 15 is 0 Å². The van der Waals surface area contributed by atoms with Crippen LogP contribution in [0.25, 0.3) is 10.1 Å². The molecule has 2 rings (SSSR count). The maximum Gasteiger partial charge on any atom is 0.416 e. The van der Waals surface area contributed by atoms with E-state index in [0.717, 1.165) is 23.5 Å². The molecule has 1 heterocycles. The van der Waals surface area contributed by atoms with Gasteiger partial charge in [-0.25, -0.2) is 0 Å². The van der Waals surface area contributed by atoms with Crippen LogP contribution in [0, 0.1) is 0 Å². The molecule has 0 spiro atoms. The number of carbonyl (C=O) groups excluding carboxylic acids is 1. The summed E-state index contributed by atoms with van der Waals surface area (Å²) in [7, 11) is 0. The Morgan fingerprint density at radius 2 is 2.00 bits per heavy atom. The number of carbonyl (C=O) groups is 1. The molecule has 1 amide bonds. The summed E-state index contributed by atoms with van der Waals surface area (Å²) in [5, 5.41) is 2.94. The third kappa shape index (κ3) is 2.72. The lowest BCUT2D eigenvalue weighted by molar-refractivity contribution is -0.137. The predicted octanol–water partition coefficient (Wildman–Crippen LogP) is 3.64. The molecule has 20 heavy (non-hydrogen) atoms. The molecule has 3 N–H and O–H groups in total. The fourth-order valence-electron chi connectivity index (χ4n) is 1.79. The second-order valence-electron chi connectivity index (χ2n) is 4.68. The van der Waals surface area contributed by atoms with Crippen molar-refractivity contribution in [1.29, 1.82) is 0 Å². The highest BCUT2D eigenvalue weighted by molar-refractivity contribution is 7.21. The molecule has 0 bridgehead atoms. The molecule has 0 fully saturated rings. The van der Waals surface area contributed by atoms with Gasteiger partial charge in [0.25, 0.3) is 5.91 Å². The Kier molecular flexibility index (Phi) is 3.64. The van der Waals surface area contributed by atoms with Crippen molar-refractivity contribution in [2.24, 2.45) is 0 Å². The summed E-state index contributed by atoms with van der Waals surface area (Å²) in [6, 6.07) is 3.24. The Labute approximate surface area is 117 Å². The highest BCUT2D eigenvalue weighted by Gasteiger charge is 2.31. The molecule has 0 unspecified atom stereocenters. The Morgan fingerprint density at radius 1 is 1.35 bits per heavy atom. The van der Waals surface area contributed by atoms with Gasteiger partial charge in [-0.3, -0.25) is 4.79 Å². The number of nitrogen functional groups attached to an aromatic ring is 1. The largest absolute Gasteiger partial charge is 0.416 e. The van der Waals surface area contributed by atoms with E-state index in [2.05, 4.69) is 5.32 Å². The smallest absolute Gasteiger partial charge is 0.397 e. The van der Waals surface area contributed by atoms with Crippen LogP contribution in [0.3, 0.4) is 0 Å². The number of nitrogens with two attached hydrogens (primary N) is 1. The van der Waals surface area contributed by atoms with Crippen LogP contribution in [0.5, 0.6) is 0 Å². The molecule has 108 valence electrons. The van der Waals surface area contributed by atoms with Crippen molar-refractivity contribution in [2.45, 2.75) is 26.1 Å². The third-order valence-corrected chi connectivity index (χ3v) is 3.87. The molecule has 1 aromatic heterocycles. The van der Waals surface area contributed by atoms with Crippen molar-refractivity contribution in [1.82, 2.24) is 5.32 Å². The van der Waals surface area contributed by atoms with Crippen LogP contribution in [-0.2, 0) is 6.18 Å². The molecular weight excluding hydrogens is 289 g/mol. The van der Waals surface area contributed by atoms with E-state index in [1.54, 1.807) is 13.8 Å². The van der Waals surface area contributed by atoms with Crippen molar-refractivity contribution < 1.29 is 18.0 Å². The van der Waals surface area contributed by atoms with Gasteiger partial charge in [-0.15, -0.1) is 11.3 Å². The Morgan fingerprint density at radius 3 is 2.55 bits per heavy atom. The average Bonchev–Trinajstić information content (AvgIpc) is 2.64. The summed E-state index contributed by atoms with van der Waals surface area (Å²) >= 11 is 1.09. The number of halogens is 3. The van der Waals surface area contributed by atoms with Crippen molar-refractivity contribution in [3.8, 4) is 0 Å². The van der Waals surface area contributed by atoms with E-state index in [4.69, 9.17) is 5.73 Å². The molecule has 0 aliphatic carbocycles. The number of alkyl halides is 3. The molecule has 3 nitrogen and oxygen atoms in total. The van der Waals surface area contributed by atoms with Gasteiger partial charge < -0.3 is 11.1 Å². The highest BCUT2D eigenvalue weighted by Crippen LogP contribution is 2.38. The van der Waals surface area contributed by atoms with E-state index in [9.17, 15) is 18.0 Å². The lowest BCUT2D eigenvalue weighted by Gasteiger charge is -2.07. The minimum atomic E-state index is -4.43. The Balaban J connectivity index is 2.51. The second-order valence-corrected chi connectivity index (χ2v) is 5.73. The maximum atomic E-state index is 12.7. The zero-order chi connectivity index (χ0) is 15.1. The fourth-order valence-corrected chi connectivity index (χ4v) is 2.80. The molecule has 0 saturated carbocycles. The van der Waals surface area contributed by atoms with Crippen LogP contribution >= 0.6 is 11.3 Å². The summed E-state index contributed by atoms with van der Waals surface area (Å²) < 4.78 is 38.6. The molecular formula is C13H13F3N2OS. The Hall–Kier alpha value is -1.76.